The van der Waals surface area contributed by atoms with Crippen LogP contribution in [0.25, 0.3) is 0 Å². The van der Waals surface area contributed by atoms with Gasteiger partial charge in [0, 0.05) is 23.8 Å². The van der Waals surface area contributed by atoms with Crippen molar-refractivity contribution in [3.63, 3.8) is 0 Å². The first-order chi connectivity index (χ1) is 10.9. The van der Waals surface area contributed by atoms with Gasteiger partial charge in [0.05, 0.1) is 18.8 Å². The van der Waals surface area contributed by atoms with Crippen LogP contribution in [0.5, 0.6) is 0 Å². The highest BCUT2D eigenvalue weighted by atomic mass is 16.3. The van der Waals surface area contributed by atoms with Crippen LogP contribution in [0.3, 0.4) is 0 Å². The summed E-state index contributed by atoms with van der Waals surface area (Å²) >= 11 is 0. The maximum Gasteiger partial charge on any atom is 0.0644 e. The van der Waals surface area contributed by atoms with Gasteiger partial charge in [0.25, 0.3) is 0 Å². The monoisotopic (exact) mass is 315 g/mol. The lowest BCUT2D eigenvalue weighted by Gasteiger charge is -2.25. The SMILES string of the molecule is Cc1ccc(CC(C)N(C)Cc2c(C)nn(CCO)c2C)cc1. The molecule has 0 saturated carbocycles. The summed E-state index contributed by atoms with van der Waals surface area (Å²) in [5.74, 6) is 0. The second-order valence-electron chi connectivity index (χ2n) is 6.55. The van der Waals surface area contributed by atoms with E-state index in [0.717, 1.165) is 24.4 Å². The summed E-state index contributed by atoms with van der Waals surface area (Å²) in [6.45, 7) is 10.1. The van der Waals surface area contributed by atoms with Crippen LogP contribution in [0.4, 0.5) is 0 Å². The molecule has 23 heavy (non-hydrogen) atoms. The molecule has 1 aromatic carbocycles. The molecule has 1 aromatic heterocycles. The molecule has 2 aromatic rings. The van der Waals surface area contributed by atoms with Gasteiger partial charge in [0.2, 0.25) is 0 Å². The minimum absolute atomic E-state index is 0.126. The summed E-state index contributed by atoms with van der Waals surface area (Å²) in [7, 11) is 2.17. The van der Waals surface area contributed by atoms with Gasteiger partial charge in [-0.3, -0.25) is 9.58 Å². The molecule has 1 heterocycles. The number of aryl methyl sites for hydroxylation is 2. The van der Waals surface area contributed by atoms with E-state index in [1.54, 1.807) is 0 Å². The zero-order chi connectivity index (χ0) is 17.0. The van der Waals surface area contributed by atoms with Crippen molar-refractivity contribution >= 4 is 0 Å². The average Bonchev–Trinajstić information content (AvgIpc) is 2.77. The minimum atomic E-state index is 0.126. The fourth-order valence-corrected chi connectivity index (χ4v) is 2.90. The van der Waals surface area contributed by atoms with E-state index in [1.807, 2.05) is 4.68 Å². The molecule has 0 aliphatic heterocycles. The molecule has 0 spiro atoms. The van der Waals surface area contributed by atoms with Gasteiger partial charge in [-0.1, -0.05) is 29.8 Å². The lowest BCUT2D eigenvalue weighted by molar-refractivity contribution is 0.246. The molecule has 2 rings (SSSR count). The summed E-state index contributed by atoms with van der Waals surface area (Å²) in [4.78, 5) is 2.38. The molecule has 4 heteroatoms. The Hall–Kier alpha value is -1.65. The van der Waals surface area contributed by atoms with E-state index in [0.29, 0.717) is 12.6 Å². The number of benzene rings is 1. The molecule has 0 radical (unpaired) electrons. The van der Waals surface area contributed by atoms with Gasteiger partial charge >= 0.3 is 0 Å². The highest BCUT2D eigenvalue weighted by Crippen LogP contribution is 2.17. The van der Waals surface area contributed by atoms with E-state index in [1.165, 1.54) is 16.7 Å². The third-order valence-electron chi connectivity index (χ3n) is 4.65. The molecule has 4 nitrogen and oxygen atoms in total. The molecule has 126 valence electrons. The van der Waals surface area contributed by atoms with E-state index in [-0.39, 0.29) is 6.61 Å². The maximum atomic E-state index is 9.13. The van der Waals surface area contributed by atoms with Crippen molar-refractivity contribution in [2.24, 2.45) is 0 Å². The number of nitrogens with zero attached hydrogens (tertiary/aromatic N) is 3. The third kappa shape index (κ3) is 4.43. The van der Waals surface area contributed by atoms with Gasteiger partial charge in [-0.25, -0.2) is 0 Å². The quantitative estimate of drug-likeness (QED) is 0.854. The number of aromatic nitrogens is 2. The van der Waals surface area contributed by atoms with Crippen LogP contribution >= 0.6 is 0 Å². The van der Waals surface area contributed by atoms with Crippen molar-refractivity contribution < 1.29 is 5.11 Å². The Morgan fingerprint density at radius 1 is 1.17 bits per heavy atom. The predicted molar refractivity (Wildman–Crippen MR) is 94.6 cm³/mol. The van der Waals surface area contributed by atoms with Crippen LogP contribution in [-0.4, -0.2) is 39.5 Å². The Bertz CT molecular complexity index is 631. The van der Waals surface area contributed by atoms with Gasteiger partial charge in [0.1, 0.15) is 0 Å². The lowest BCUT2D eigenvalue weighted by Crippen LogP contribution is -2.30. The highest BCUT2D eigenvalue weighted by molar-refractivity contribution is 5.25. The van der Waals surface area contributed by atoms with E-state index >= 15 is 0 Å². The zero-order valence-electron chi connectivity index (χ0n) is 15.0. The molecule has 0 aliphatic carbocycles. The van der Waals surface area contributed by atoms with E-state index in [9.17, 15) is 0 Å². The number of hydrogen-bond donors (Lipinski definition) is 1. The molecule has 1 atom stereocenters. The largest absolute Gasteiger partial charge is 0.394 e. The molecule has 1 N–H and O–H groups in total. The lowest BCUT2D eigenvalue weighted by atomic mass is 10.0. The van der Waals surface area contributed by atoms with Gasteiger partial charge in [-0.2, -0.15) is 5.10 Å². The molecule has 0 bridgehead atoms. The number of aliphatic hydroxyl groups excluding tert-OH is 1. The first-order valence-corrected chi connectivity index (χ1v) is 8.32. The number of rotatable bonds is 7. The fraction of sp³-hybridized carbons (Fsp3) is 0.526. The van der Waals surface area contributed by atoms with Gasteiger partial charge in [-0.05, 0) is 46.7 Å². The van der Waals surface area contributed by atoms with Gasteiger partial charge in [0.15, 0.2) is 0 Å². The Balaban J connectivity index is 2.03. The number of aliphatic hydroxyl groups is 1. The van der Waals surface area contributed by atoms with Crippen LogP contribution in [0.1, 0.15) is 35.0 Å². The Labute approximate surface area is 139 Å². The summed E-state index contributed by atoms with van der Waals surface area (Å²) in [5, 5.41) is 13.7. The van der Waals surface area contributed by atoms with Crippen LogP contribution in [0.15, 0.2) is 24.3 Å². The van der Waals surface area contributed by atoms with Crippen LogP contribution in [0, 0.1) is 20.8 Å². The Kier molecular flexibility index (Phi) is 5.97. The summed E-state index contributed by atoms with van der Waals surface area (Å²) in [6, 6.07) is 9.24. The normalized spacial score (nSPS) is 12.8. The maximum absolute atomic E-state index is 9.13. The number of hydrogen-bond acceptors (Lipinski definition) is 3. The standard InChI is InChI=1S/C19H29N3O/c1-14-6-8-18(9-7-14)12-15(2)21(5)13-19-16(3)20-22(10-11-23)17(19)4/h6-9,15,23H,10-13H2,1-5H3. The summed E-state index contributed by atoms with van der Waals surface area (Å²) < 4.78 is 1.91. The minimum Gasteiger partial charge on any atom is -0.394 e. The highest BCUT2D eigenvalue weighted by Gasteiger charge is 2.16. The second kappa shape index (κ2) is 7.75. The molecular weight excluding hydrogens is 286 g/mol. The predicted octanol–water partition coefficient (Wildman–Crippen LogP) is 2.86. The van der Waals surface area contributed by atoms with Crippen molar-refractivity contribution in [1.82, 2.24) is 14.7 Å². The molecular formula is C19H29N3O. The average molecular weight is 315 g/mol. The number of likely N-dealkylation sites (N-methyl/N-ethyl adjacent to an activating group) is 1. The van der Waals surface area contributed by atoms with Crippen molar-refractivity contribution in [2.75, 3.05) is 13.7 Å². The molecule has 0 saturated heterocycles. The van der Waals surface area contributed by atoms with E-state index in [4.69, 9.17) is 5.11 Å². The van der Waals surface area contributed by atoms with Crippen LogP contribution in [0.2, 0.25) is 0 Å². The second-order valence-corrected chi connectivity index (χ2v) is 6.55. The first kappa shape index (κ1) is 17.7. The van der Waals surface area contributed by atoms with Crippen molar-refractivity contribution in [3.05, 3.63) is 52.3 Å². The van der Waals surface area contributed by atoms with E-state index in [2.05, 4.69) is 69.0 Å². The Morgan fingerprint density at radius 3 is 2.43 bits per heavy atom. The van der Waals surface area contributed by atoms with Gasteiger partial charge < -0.3 is 5.11 Å². The van der Waals surface area contributed by atoms with Crippen LogP contribution in [-0.2, 0) is 19.5 Å². The van der Waals surface area contributed by atoms with Crippen LogP contribution < -0.4 is 0 Å². The summed E-state index contributed by atoms with van der Waals surface area (Å²) in [5.41, 5.74) is 6.17. The molecule has 0 aliphatic rings. The first-order valence-electron chi connectivity index (χ1n) is 8.32. The van der Waals surface area contributed by atoms with Crippen molar-refractivity contribution in [1.29, 1.82) is 0 Å². The van der Waals surface area contributed by atoms with Crippen molar-refractivity contribution in [3.8, 4) is 0 Å². The smallest absolute Gasteiger partial charge is 0.0644 e. The zero-order valence-corrected chi connectivity index (χ0v) is 15.0. The molecule has 1 unspecified atom stereocenters. The fourth-order valence-electron chi connectivity index (χ4n) is 2.90. The molecule has 0 fully saturated rings. The molecule has 0 amide bonds. The third-order valence-corrected chi connectivity index (χ3v) is 4.65. The topological polar surface area (TPSA) is 41.3 Å². The Morgan fingerprint density at radius 2 is 1.83 bits per heavy atom. The van der Waals surface area contributed by atoms with E-state index < -0.39 is 0 Å². The summed E-state index contributed by atoms with van der Waals surface area (Å²) in [6.07, 6.45) is 1.04. The van der Waals surface area contributed by atoms with Crippen molar-refractivity contribution in [2.45, 2.75) is 53.2 Å². The van der Waals surface area contributed by atoms with Gasteiger partial charge in [-0.15, -0.1) is 0 Å².